The van der Waals surface area contributed by atoms with Crippen LogP contribution in [-0.2, 0) is 4.74 Å². The van der Waals surface area contributed by atoms with E-state index < -0.39 is 0 Å². The average Bonchev–Trinajstić information content (AvgIpc) is 2.68. The maximum absolute atomic E-state index is 12.4. The fourth-order valence-corrected chi connectivity index (χ4v) is 2.70. The first-order valence-corrected chi connectivity index (χ1v) is 9.41. The minimum absolute atomic E-state index is 0.120. The molecule has 0 bridgehead atoms. The number of rotatable bonds is 7. The summed E-state index contributed by atoms with van der Waals surface area (Å²) in [6.07, 6.45) is 0. The van der Waals surface area contributed by atoms with E-state index in [1.165, 1.54) is 0 Å². The molecule has 0 aliphatic heterocycles. The van der Waals surface area contributed by atoms with Crippen molar-refractivity contribution in [1.82, 2.24) is 10.6 Å². The summed E-state index contributed by atoms with van der Waals surface area (Å²) in [6, 6.07) is 14.3. The van der Waals surface area contributed by atoms with Gasteiger partial charge in [-0.15, -0.1) is 0 Å². The van der Waals surface area contributed by atoms with E-state index in [1.807, 2.05) is 12.1 Å². The lowest BCUT2D eigenvalue weighted by atomic mass is 10.0. The summed E-state index contributed by atoms with van der Waals surface area (Å²) < 4.78 is 4.93. The Hall–Kier alpha value is -2.77. The number of hydrogen-bond acceptors (Lipinski definition) is 4. The Kier molecular flexibility index (Phi) is 8.10. The van der Waals surface area contributed by atoms with E-state index in [4.69, 9.17) is 17.0 Å². The van der Waals surface area contributed by atoms with Gasteiger partial charge in [-0.25, -0.2) is 0 Å². The first kappa shape index (κ1) is 21.5. The predicted octanol–water partition coefficient (Wildman–Crippen LogP) is 3.31. The van der Waals surface area contributed by atoms with Gasteiger partial charge in [0.25, 0.3) is 11.8 Å². The number of anilines is 1. The first-order chi connectivity index (χ1) is 13.4. The van der Waals surface area contributed by atoms with E-state index >= 15 is 0 Å². The Balaban J connectivity index is 2.01. The van der Waals surface area contributed by atoms with Gasteiger partial charge in [-0.05, 0) is 48.0 Å². The second-order valence-electron chi connectivity index (χ2n) is 6.48. The molecule has 0 aromatic heterocycles. The van der Waals surface area contributed by atoms with Crippen LogP contribution in [0.3, 0.4) is 0 Å². The summed E-state index contributed by atoms with van der Waals surface area (Å²) >= 11 is 5.24. The van der Waals surface area contributed by atoms with Crippen LogP contribution in [-0.4, -0.2) is 37.2 Å². The van der Waals surface area contributed by atoms with Crippen molar-refractivity contribution in [3.05, 3.63) is 65.2 Å². The van der Waals surface area contributed by atoms with Gasteiger partial charge in [0.1, 0.15) is 0 Å². The summed E-state index contributed by atoms with van der Waals surface area (Å²) in [5, 5.41) is 8.44. The lowest BCUT2D eigenvalue weighted by Crippen LogP contribution is -2.35. The number of para-hydroxylation sites is 1. The Bertz CT molecular complexity index is 835. The molecular weight excluding hydrogens is 374 g/mol. The van der Waals surface area contributed by atoms with Crippen molar-refractivity contribution in [2.75, 3.05) is 25.6 Å². The van der Waals surface area contributed by atoms with Crippen molar-refractivity contribution in [2.24, 2.45) is 0 Å². The van der Waals surface area contributed by atoms with Gasteiger partial charge < -0.3 is 15.4 Å². The second kappa shape index (κ2) is 10.5. The summed E-state index contributed by atoms with van der Waals surface area (Å²) in [7, 11) is 1.57. The van der Waals surface area contributed by atoms with Gasteiger partial charge in [-0.1, -0.05) is 38.1 Å². The molecule has 0 heterocycles. The molecule has 0 fully saturated rings. The van der Waals surface area contributed by atoms with Crippen LogP contribution in [0, 0.1) is 0 Å². The maximum Gasteiger partial charge on any atom is 0.257 e. The highest BCUT2D eigenvalue weighted by molar-refractivity contribution is 7.80. The largest absolute Gasteiger partial charge is 0.383 e. The summed E-state index contributed by atoms with van der Waals surface area (Å²) in [5.41, 5.74) is 2.61. The molecule has 0 saturated carbocycles. The molecule has 3 N–H and O–H groups in total. The Labute approximate surface area is 170 Å². The van der Waals surface area contributed by atoms with E-state index in [0.717, 1.165) is 5.56 Å². The Morgan fingerprint density at radius 3 is 2.36 bits per heavy atom. The zero-order chi connectivity index (χ0) is 20.5. The van der Waals surface area contributed by atoms with E-state index in [-0.39, 0.29) is 16.9 Å². The molecule has 28 heavy (non-hydrogen) atoms. The van der Waals surface area contributed by atoms with Gasteiger partial charge in [0.05, 0.1) is 17.9 Å². The third-order valence-electron chi connectivity index (χ3n) is 4.08. The van der Waals surface area contributed by atoms with Crippen molar-refractivity contribution in [1.29, 1.82) is 0 Å². The standard InChI is InChI=1S/C21H25N3O3S/c1-14(2)15-8-10-16(11-9-15)19(25)24-21(28)23-18-7-5-4-6-17(18)20(26)22-12-13-27-3/h4-11,14H,12-13H2,1-3H3,(H,22,26)(H2,23,24,25,28). The molecule has 2 aromatic rings. The monoisotopic (exact) mass is 399 g/mol. The topological polar surface area (TPSA) is 79.5 Å². The second-order valence-corrected chi connectivity index (χ2v) is 6.89. The fourth-order valence-electron chi connectivity index (χ4n) is 2.50. The molecule has 6 nitrogen and oxygen atoms in total. The van der Waals surface area contributed by atoms with Crippen LogP contribution in [0.2, 0.25) is 0 Å². The Morgan fingerprint density at radius 2 is 1.71 bits per heavy atom. The number of benzene rings is 2. The molecule has 0 aliphatic carbocycles. The van der Waals surface area contributed by atoms with Gasteiger partial charge in [0.15, 0.2) is 5.11 Å². The maximum atomic E-state index is 12.4. The van der Waals surface area contributed by atoms with Crippen molar-refractivity contribution in [3.63, 3.8) is 0 Å². The SMILES string of the molecule is COCCNC(=O)c1ccccc1NC(=S)NC(=O)c1ccc(C(C)C)cc1. The van der Waals surface area contributed by atoms with Gasteiger partial charge in [0.2, 0.25) is 0 Å². The predicted molar refractivity (Wildman–Crippen MR) is 115 cm³/mol. The molecule has 0 atom stereocenters. The normalized spacial score (nSPS) is 10.4. The van der Waals surface area contributed by atoms with Crippen LogP contribution in [0.15, 0.2) is 48.5 Å². The van der Waals surface area contributed by atoms with Crippen molar-refractivity contribution in [3.8, 4) is 0 Å². The number of carbonyl (C=O) groups is 2. The molecule has 0 spiro atoms. The van der Waals surface area contributed by atoms with E-state index in [2.05, 4.69) is 29.8 Å². The molecule has 2 aromatic carbocycles. The average molecular weight is 400 g/mol. The molecule has 148 valence electrons. The van der Waals surface area contributed by atoms with Gasteiger partial charge in [-0.3, -0.25) is 14.9 Å². The van der Waals surface area contributed by atoms with E-state index in [0.29, 0.717) is 35.9 Å². The summed E-state index contributed by atoms with van der Waals surface area (Å²) in [5.74, 6) is -0.167. The third kappa shape index (κ3) is 6.14. The Morgan fingerprint density at radius 1 is 1.04 bits per heavy atom. The number of hydrogen-bond donors (Lipinski definition) is 3. The zero-order valence-electron chi connectivity index (χ0n) is 16.2. The number of nitrogens with one attached hydrogen (secondary N) is 3. The van der Waals surface area contributed by atoms with Crippen LogP contribution >= 0.6 is 12.2 Å². The quantitative estimate of drug-likeness (QED) is 0.492. The van der Waals surface area contributed by atoms with Crippen LogP contribution in [0.4, 0.5) is 5.69 Å². The fraction of sp³-hybridized carbons (Fsp3) is 0.286. The molecule has 0 saturated heterocycles. The minimum atomic E-state index is -0.310. The number of carbonyl (C=O) groups excluding carboxylic acids is 2. The third-order valence-corrected chi connectivity index (χ3v) is 4.28. The minimum Gasteiger partial charge on any atom is -0.383 e. The smallest absolute Gasteiger partial charge is 0.257 e. The number of amides is 2. The lowest BCUT2D eigenvalue weighted by Gasteiger charge is -2.14. The highest BCUT2D eigenvalue weighted by Crippen LogP contribution is 2.16. The van der Waals surface area contributed by atoms with Crippen LogP contribution in [0.1, 0.15) is 46.0 Å². The summed E-state index contributed by atoms with van der Waals surface area (Å²) in [4.78, 5) is 24.7. The highest BCUT2D eigenvalue weighted by Gasteiger charge is 2.13. The molecule has 0 unspecified atom stereocenters. The molecule has 0 aliphatic rings. The number of methoxy groups -OCH3 is 1. The molecule has 0 radical (unpaired) electrons. The van der Waals surface area contributed by atoms with Crippen molar-refractivity contribution < 1.29 is 14.3 Å². The number of ether oxygens (including phenoxy) is 1. The van der Waals surface area contributed by atoms with Gasteiger partial charge in [-0.2, -0.15) is 0 Å². The molecule has 2 rings (SSSR count). The lowest BCUT2D eigenvalue weighted by molar-refractivity contribution is 0.0937. The van der Waals surface area contributed by atoms with Crippen LogP contribution in [0.5, 0.6) is 0 Å². The summed E-state index contributed by atoms with van der Waals surface area (Å²) in [6.45, 7) is 5.01. The highest BCUT2D eigenvalue weighted by atomic mass is 32.1. The van der Waals surface area contributed by atoms with E-state index in [9.17, 15) is 9.59 Å². The van der Waals surface area contributed by atoms with Gasteiger partial charge >= 0.3 is 0 Å². The van der Waals surface area contributed by atoms with Gasteiger partial charge in [0, 0.05) is 19.2 Å². The molecule has 7 heteroatoms. The van der Waals surface area contributed by atoms with Crippen molar-refractivity contribution in [2.45, 2.75) is 19.8 Å². The molecule has 2 amide bonds. The number of thiocarbonyl (C=S) groups is 1. The first-order valence-electron chi connectivity index (χ1n) is 9.00. The van der Waals surface area contributed by atoms with Crippen LogP contribution in [0.25, 0.3) is 0 Å². The van der Waals surface area contributed by atoms with Crippen molar-refractivity contribution >= 4 is 34.8 Å². The molecular formula is C21H25N3O3S. The zero-order valence-corrected chi connectivity index (χ0v) is 17.1. The van der Waals surface area contributed by atoms with Crippen LogP contribution < -0.4 is 16.0 Å². The van der Waals surface area contributed by atoms with E-state index in [1.54, 1.807) is 43.5 Å².